The summed E-state index contributed by atoms with van der Waals surface area (Å²) in [5.41, 5.74) is 1.02. The highest BCUT2D eigenvalue weighted by Crippen LogP contribution is 2.35. The lowest BCUT2D eigenvalue weighted by Gasteiger charge is -2.36. The molecule has 0 radical (unpaired) electrons. The van der Waals surface area contributed by atoms with E-state index in [4.69, 9.17) is 4.74 Å². The largest absolute Gasteiger partial charge is 0.449 e. The summed E-state index contributed by atoms with van der Waals surface area (Å²) in [6.45, 7) is 2.09. The Labute approximate surface area is 195 Å². The number of hydrogen-bond acceptors (Lipinski definition) is 6. The molecule has 0 bridgehead atoms. The number of carbonyl (C=O) groups excluding carboxylic acids is 2. The molecule has 1 aromatic heterocycles. The third-order valence-electron chi connectivity index (χ3n) is 5.74. The zero-order chi connectivity index (χ0) is 23.5. The van der Waals surface area contributed by atoms with Crippen molar-refractivity contribution in [2.45, 2.75) is 0 Å². The second-order valence-corrected chi connectivity index (χ2v) is 7.94. The summed E-state index contributed by atoms with van der Waals surface area (Å²) in [5.74, 6) is 0.104. The molecule has 8 nitrogen and oxygen atoms in total. The topological polar surface area (TPSA) is 78.9 Å². The van der Waals surface area contributed by atoms with Crippen LogP contribution in [-0.4, -0.2) is 59.4 Å². The van der Waals surface area contributed by atoms with Crippen LogP contribution >= 0.6 is 0 Å². The summed E-state index contributed by atoms with van der Waals surface area (Å²) in [5, 5.41) is 0. The SMILES string of the molecule is O=C(CN1C(=O)/C(=C\c2cccc(F)c2)Oc2ccccc21)N1CCN(c2ncccn2)CC1. The van der Waals surface area contributed by atoms with E-state index < -0.39 is 11.7 Å². The molecule has 9 heteroatoms. The predicted molar refractivity (Wildman–Crippen MR) is 125 cm³/mol. The number of anilines is 2. The van der Waals surface area contributed by atoms with Gasteiger partial charge in [0.15, 0.2) is 11.5 Å². The Kier molecular flexibility index (Phi) is 5.90. The molecular weight excluding hydrogens is 437 g/mol. The summed E-state index contributed by atoms with van der Waals surface area (Å²) in [4.78, 5) is 40.1. The number of amides is 2. The first-order chi connectivity index (χ1) is 16.6. The number of nitrogens with zero attached hydrogens (tertiary/aromatic N) is 5. The minimum absolute atomic E-state index is 0.0307. The van der Waals surface area contributed by atoms with Crippen LogP contribution in [-0.2, 0) is 9.59 Å². The maximum Gasteiger partial charge on any atom is 0.294 e. The molecule has 0 saturated carbocycles. The molecule has 0 N–H and O–H groups in total. The Morgan fingerprint density at radius 1 is 1.00 bits per heavy atom. The molecule has 1 saturated heterocycles. The highest BCUT2D eigenvalue weighted by molar-refractivity contribution is 6.12. The van der Waals surface area contributed by atoms with E-state index in [0.29, 0.717) is 49.1 Å². The van der Waals surface area contributed by atoms with Crippen LogP contribution in [0.5, 0.6) is 5.75 Å². The number of fused-ring (bicyclic) bond motifs is 1. The smallest absolute Gasteiger partial charge is 0.294 e. The molecule has 5 rings (SSSR count). The molecule has 0 aliphatic carbocycles. The first-order valence-corrected chi connectivity index (χ1v) is 10.9. The number of halogens is 1. The Balaban J connectivity index is 1.33. The molecule has 1 fully saturated rings. The van der Waals surface area contributed by atoms with Gasteiger partial charge in [-0.05, 0) is 42.0 Å². The lowest BCUT2D eigenvalue weighted by Crippen LogP contribution is -2.53. The normalized spacial score (nSPS) is 16.9. The Morgan fingerprint density at radius 2 is 1.76 bits per heavy atom. The Bertz CT molecular complexity index is 1240. The number of carbonyl (C=O) groups is 2. The van der Waals surface area contributed by atoms with Gasteiger partial charge in [-0.2, -0.15) is 0 Å². The second kappa shape index (κ2) is 9.30. The Hall–Kier alpha value is -4.27. The molecule has 2 aliphatic rings. The van der Waals surface area contributed by atoms with Gasteiger partial charge in [0, 0.05) is 38.6 Å². The second-order valence-electron chi connectivity index (χ2n) is 7.94. The molecular formula is C25H22FN5O3. The van der Waals surface area contributed by atoms with Gasteiger partial charge in [-0.15, -0.1) is 0 Å². The molecule has 172 valence electrons. The first kappa shape index (κ1) is 21.6. The van der Waals surface area contributed by atoms with Crippen LogP contribution in [0.1, 0.15) is 5.56 Å². The predicted octanol–water partition coefficient (Wildman–Crippen LogP) is 2.73. The van der Waals surface area contributed by atoms with Crippen molar-refractivity contribution in [3.63, 3.8) is 0 Å². The minimum Gasteiger partial charge on any atom is -0.449 e. The third-order valence-corrected chi connectivity index (χ3v) is 5.74. The number of hydrogen-bond donors (Lipinski definition) is 0. The minimum atomic E-state index is -0.451. The summed E-state index contributed by atoms with van der Waals surface area (Å²) in [6, 6.07) is 14.7. The van der Waals surface area contributed by atoms with Crippen molar-refractivity contribution in [1.29, 1.82) is 0 Å². The zero-order valence-corrected chi connectivity index (χ0v) is 18.3. The van der Waals surface area contributed by atoms with Crippen LogP contribution < -0.4 is 14.5 Å². The van der Waals surface area contributed by atoms with Crippen LogP contribution in [0.3, 0.4) is 0 Å². The molecule has 0 atom stereocenters. The maximum atomic E-state index is 13.6. The number of benzene rings is 2. The van der Waals surface area contributed by atoms with Gasteiger partial charge >= 0.3 is 0 Å². The fourth-order valence-electron chi connectivity index (χ4n) is 4.01. The molecule has 3 aromatic rings. The quantitative estimate of drug-likeness (QED) is 0.559. The average Bonchev–Trinajstić information content (AvgIpc) is 2.87. The van der Waals surface area contributed by atoms with E-state index in [1.165, 1.54) is 23.1 Å². The fraction of sp³-hybridized carbons (Fsp3) is 0.200. The third kappa shape index (κ3) is 4.45. The van der Waals surface area contributed by atoms with Crippen LogP contribution in [0.4, 0.5) is 16.0 Å². The van der Waals surface area contributed by atoms with Gasteiger partial charge in [0.05, 0.1) is 5.69 Å². The standard InChI is InChI=1S/C25H22FN5O3/c26-19-6-3-5-18(15-19)16-22-24(33)31(20-7-1-2-8-21(20)34-22)17-23(32)29-11-13-30(14-12-29)25-27-9-4-10-28-25/h1-10,15-16H,11-14,17H2/b22-16+. The molecule has 2 aliphatic heterocycles. The van der Waals surface area contributed by atoms with Crippen LogP contribution in [0.15, 0.2) is 72.8 Å². The van der Waals surface area contributed by atoms with E-state index in [1.54, 1.807) is 59.8 Å². The molecule has 2 amide bonds. The summed E-state index contributed by atoms with van der Waals surface area (Å²) >= 11 is 0. The van der Waals surface area contributed by atoms with Gasteiger partial charge < -0.3 is 14.5 Å². The number of ether oxygens (including phenoxy) is 1. The van der Waals surface area contributed by atoms with Gasteiger partial charge in [-0.25, -0.2) is 14.4 Å². The van der Waals surface area contributed by atoms with E-state index in [0.717, 1.165) is 0 Å². The molecule has 34 heavy (non-hydrogen) atoms. The van der Waals surface area contributed by atoms with Crippen molar-refractivity contribution in [2.24, 2.45) is 0 Å². The molecule has 0 spiro atoms. The molecule has 0 unspecified atom stereocenters. The van der Waals surface area contributed by atoms with Gasteiger partial charge in [0.2, 0.25) is 11.9 Å². The van der Waals surface area contributed by atoms with Crippen molar-refractivity contribution in [2.75, 3.05) is 42.5 Å². The van der Waals surface area contributed by atoms with Crippen LogP contribution in [0, 0.1) is 5.82 Å². The lowest BCUT2D eigenvalue weighted by molar-refractivity contribution is -0.131. The van der Waals surface area contributed by atoms with E-state index in [9.17, 15) is 14.0 Å². The molecule has 3 heterocycles. The van der Waals surface area contributed by atoms with Crippen molar-refractivity contribution >= 4 is 29.5 Å². The fourth-order valence-corrected chi connectivity index (χ4v) is 4.01. The first-order valence-electron chi connectivity index (χ1n) is 10.9. The highest BCUT2D eigenvalue weighted by Gasteiger charge is 2.33. The highest BCUT2D eigenvalue weighted by atomic mass is 19.1. The van der Waals surface area contributed by atoms with Gasteiger partial charge in [-0.3, -0.25) is 14.5 Å². The van der Waals surface area contributed by atoms with Crippen molar-refractivity contribution < 1.29 is 18.7 Å². The van der Waals surface area contributed by atoms with Crippen LogP contribution in [0.2, 0.25) is 0 Å². The van der Waals surface area contributed by atoms with Gasteiger partial charge in [-0.1, -0.05) is 24.3 Å². The summed E-state index contributed by atoms with van der Waals surface area (Å²) in [7, 11) is 0. The number of piperazine rings is 1. The van der Waals surface area contributed by atoms with Crippen molar-refractivity contribution in [3.05, 3.63) is 84.1 Å². The molecule has 2 aromatic carbocycles. The van der Waals surface area contributed by atoms with E-state index in [2.05, 4.69) is 9.97 Å². The summed E-state index contributed by atoms with van der Waals surface area (Å²) < 4.78 is 19.4. The monoisotopic (exact) mass is 459 g/mol. The van der Waals surface area contributed by atoms with E-state index >= 15 is 0 Å². The van der Waals surface area contributed by atoms with Crippen molar-refractivity contribution in [3.8, 4) is 5.75 Å². The summed E-state index contributed by atoms with van der Waals surface area (Å²) in [6.07, 6.45) is 4.87. The maximum absolute atomic E-state index is 13.6. The van der Waals surface area contributed by atoms with E-state index in [1.807, 2.05) is 4.90 Å². The van der Waals surface area contributed by atoms with Gasteiger partial charge in [0.1, 0.15) is 12.4 Å². The number of para-hydroxylation sites is 2. The van der Waals surface area contributed by atoms with Gasteiger partial charge in [0.25, 0.3) is 5.91 Å². The lowest BCUT2D eigenvalue weighted by atomic mass is 10.1. The Morgan fingerprint density at radius 3 is 2.53 bits per heavy atom. The van der Waals surface area contributed by atoms with Crippen LogP contribution in [0.25, 0.3) is 6.08 Å². The number of aromatic nitrogens is 2. The zero-order valence-electron chi connectivity index (χ0n) is 18.3. The van der Waals surface area contributed by atoms with Crippen molar-refractivity contribution in [1.82, 2.24) is 14.9 Å². The van der Waals surface area contributed by atoms with E-state index in [-0.39, 0.29) is 18.2 Å². The number of rotatable bonds is 4. The average molecular weight is 459 g/mol.